The molecule has 4 heterocycles. The molecule has 0 saturated carbocycles. The molecule has 1 N–H and O–H groups in total. The van der Waals surface area contributed by atoms with Crippen molar-refractivity contribution in [3.8, 4) is 0 Å². The highest BCUT2D eigenvalue weighted by molar-refractivity contribution is 6.35. The maximum absolute atomic E-state index is 14.0. The van der Waals surface area contributed by atoms with Crippen LogP contribution in [0.3, 0.4) is 0 Å². The smallest absolute Gasteiger partial charge is 0.274 e. The first-order chi connectivity index (χ1) is 15.8. The molecule has 0 unspecified atom stereocenters. The number of nitrogens with one attached hydrogen (secondary N) is 1. The van der Waals surface area contributed by atoms with Crippen LogP contribution >= 0.6 is 11.6 Å². The minimum atomic E-state index is -1.33. The van der Waals surface area contributed by atoms with E-state index >= 15 is 0 Å². The number of imide groups is 1. The van der Waals surface area contributed by atoms with Crippen LogP contribution in [-0.2, 0) is 19.9 Å². The van der Waals surface area contributed by atoms with Crippen LogP contribution < -0.4 is 10.2 Å². The van der Waals surface area contributed by atoms with Crippen LogP contribution in [0.5, 0.6) is 0 Å². The van der Waals surface area contributed by atoms with Crippen LogP contribution in [0.1, 0.15) is 24.0 Å². The van der Waals surface area contributed by atoms with Crippen molar-refractivity contribution < 1.29 is 19.3 Å². The Labute approximate surface area is 193 Å². The van der Waals surface area contributed by atoms with Crippen molar-refractivity contribution in [3.05, 3.63) is 62.7 Å². The van der Waals surface area contributed by atoms with Crippen molar-refractivity contribution in [2.45, 2.75) is 31.3 Å². The highest BCUT2D eigenvalue weighted by Crippen LogP contribution is 2.61. The lowest BCUT2D eigenvalue weighted by Gasteiger charge is -2.36. The van der Waals surface area contributed by atoms with Gasteiger partial charge < -0.3 is 5.32 Å². The van der Waals surface area contributed by atoms with E-state index in [9.17, 15) is 24.5 Å². The van der Waals surface area contributed by atoms with Gasteiger partial charge in [-0.1, -0.05) is 29.8 Å². The fourth-order valence-electron chi connectivity index (χ4n) is 6.48. The second-order valence-electron chi connectivity index (χ2n) is 8.98. The maximum atomic E-state index is 14.0. The number of nitro groups is 1. The Morgan fingerprint density at radius 1 is 1.15 bits per heavy atom. The first-order valence-corrected chi connectivity index (χ1v) is 11.2. The second kappa shape index (κ2) is 6.61. The summed E-state index contributed by atoms with van der Waals surface area (Å²) >= 11 is 6.38. The Balaban J connectivity index is 1.56. The normalized spacial score (nSPS) is 30.1. The summed E-state index contributed by atoms with van der Waals surface area (Å²) < 4.78 is 0. The van der Waals surface area contributed by atoms with E-state index < -0.39 is 34.1 Å². The van der Waals surface area contributed by atoms with E-state index in [4.69, 9.17) is 11.6 Å². The molecular formula is C23H19ClN4O5. The molecule has 3 saturated heterocycles. The first-order valence-electron chi connectivity index (χ1n) is 10.8. The number of anilines is 2. The number of amides is 3. The lowest BCUT2D eigenvalue weighted by molar-refractivity contribution is -0.385. The molecule has 6 rings (SSSR count). The van der Waals surface area contributed by atoms with Gasteiger partial charge in [0.15, 0.2) is 0 Å². The number of rotatable bonds is 2. The lowest BCUT2D eigenvalue weighted by Crippen LogP contribution is -2.54. The summed E-state index contributed by atoms with van der Waals surface area (Å²) in [4.78, 5) is 55.3. The standard InChI is InChI=1S/C23H19ClN4O5/c1-11-14(7-3-8-15(11)28(32)33)27-20(29)17-16-9-4-10-26(16)23(18(17)21(27)30)12-5-2-6-13(24)19(12)25-22(23)31/h2-3,5-8,16-18H,4,9-10H2,1H3,(H,25,31)/t16-,17+,18+,23+/m1/s1. The molecule has 3 fully saturated rings. The molecule has 9 nitrogen and oxygen atoms in total. The van der Waals surface area contributed by atoms with E-state index in [1.54, 1.807) is 18.2 Å². The highest BCUT2D eigenvalue weighted by Gasteiger charge is 2.74. The fraction of sp³-hybridized carbons (Fsp3) is 0.348. The number of hydrogen-bond donors (Lipinski definition) is 1. The molecule has 33 heavy (non-hydrogen) atoms. The molecule has 3 amide bonds. The van der Waals surface area contributed by atoms with Gasteiger partial charge in [-0.2, -0.15) is 0 Å². The Morgan fingerprint density at radius 2 is 1.91 bits per heavy atom. The number of nitro benzene ring substituents is 1. The van der Waals surface area contributed by atoms with Crippen LogP contribution in [0.4, 0.5) is 17.1 Å². The van der Waals surface area contributed by atoms with Gasteiger partial charge in [0, 0.05) is 17.7 Å². The van der Waals surface area contributed by atoms with E-state index in [2.05, 4.69) is 5.32 Å². The third-order valence-electron chi connectivity index (χ3n) is 7.69. The summed E-state index contributed by atoms with van der Waals surface area (Å²) in [6, 6.07) is 9.27. The SMILES string of the molecule is Cc1c(N2C(=O)[C@H]3[C@H]4CCCN4[C@]4(C(=O)Nc5c(Cl)cccc54)[C@@H]3C2=O)cccc1[N+](=O)[O-]. The number of carbonyl (C=O) groups excluding carboxylic acids is 3. The van der Waals surface area contributed by atoms with Gasteiger partial charge in [0.1, 0.15) is 5.54 Å². The monoisotopic (exact) mass is 466 g/mol. The number of benzene rings is 2. The second-order valence-corrected chi connectivity index (χ2v) is 9.39. The topological polar surface area (TPSA) is 113 Å². The molecule has 168 valence electrons. The zero-order chi connectivity index (χ0) is 23.2. The molecule has 0 radical (unpaired) electrons. The highest BCUT2D eigenvalue weighted by atomic mass is 35.5. The van der Waals surface area contributed by atoms with Crippen LogP contribution in [0.2, 0.25) is 5.02 Å². The largest absolute Gasteiger partial charge is 0.323 e. The summed E-state index contributed by atoms with van der Waals surface area (Å²) in [6.45, 7) is 2.12. The third kappa shape index (κ3) is 2.28. The average Bonchev–Trinajstić information content (AvgIpc) is 3.48. The predicted octanol–water partition coefficient (Wildman–Crippen LogP) is 2.99. The van der Waals surface area contributed by atoms with E-state index in [1.807, 2.05) is 4.90 Å². The molecule has 0 bridgehead atoms. The minimum absolute atomic E-state index is 0.168. The molecule has 4 aliphatic heterocycles. The van der Waals surface area contributed by atoms with Gasteiger partial charge in [0.25, 0.3) is 11.6 Å². The van der Waals surface area contributed by atoms with Crippen molar-refractivity contribution in [2.24, 2.45) is 11.8 Å². The van der Waals surface area contributed by atoms with Crippen molar-refractivity contribution in [2.75, 3.05) is 16.8 Å². The number of halogens is 1. The fourth-order valence-corrected chi connectivity index (χ4v) is 6.71. The third-order valence-corrected chi connectivity index (χ3v) is 8.01. The van der Waals surface area contributed by atoms with E-state index in [0.717, 1.165) is 11.3 Å². The molecule has 4 atom stereocenters. The quantitative estimate of drug-likeness (QED) is 0.413. The average molecular weight is 467 g/mol. The number of hydrogen-bond acceptors (Lipinski definition) is 6. The van der Waals surface area contributed by atoms with Gasteiger partial charge in [-0.05, 0) is 38.4 Å². The van der Waals surface area contributed by atoms with Crippen molar-refractivity contribution in [1.29, 1.82) is 0 Å². The molecule has 2 aromatic rings. The number of carbonyl (C=O) groups is 3. The summed E-state index contributed by atoms with van der Waals surface area (Å²) in [5.41, 5.74) is 0.0122. The zero-order valence-electron chi connectivity index (χ0n) is 17.6. The number of fused-ring (bicyclic) bond motifs is 7. The molecule has 10 heteroatoms. The Morgan fingerprint density at radius 3 is 2.67 bits per heavy atom. The molecular weight excluding hydrogens is 448 g/mol. The maximum Gasteiger partial charge on any atom is 0.274 e. The van der Waals surface area contributed by atoms with Crippen LogP contribution in [0, 0.1) is 28.9 Å². The van der Waals surface area contributed by atoms with Crippen molar-refractivity contribution >= 4 is 46.4 Å². The van der Waals surface area contributed by atoms with E-state index in [-0.39, 0.29) is 28.9 Å². The van der Waals surface area contributed by atoms with Crippen molar-refractivity contribution in [1.82, 2.24) is 4.90 Å². The minimum Gasteiger partial charge on any atom is -0.323 e. The van der Waals surface area contributed by atoms with Crippen molar-refractivity contribution in [3.63, 3.8) is 0 Å². The molecule has 0 aliphatic carbocycles. The van der Waals surface area contributed by atoms with E-state index in [0.29, 0.717) is 29.2 Å². The molecule has 0 aromatic heterocycles. The lowest BCUT2D eigenvalue weighted by atomic mass is 9.75. The summed E-state index contributed by atoms with van der Waals surface area (Å²) in [7, 11) is 0. The summed E-state index contributed by atoms with van der Waals surface area (Å²) in [5.74, 6) is -2.93. The predicted molar refractivity (Wildman–Crippen MR) is 119 cm³/mol. The zero-order valence-corrected chi connectivity index (χ0v) is 18.3. The summed E-state index contributed by atoms with van der Waals surface area (Å²) in [5, 5.41) is 14.7. The number of nitrogens with zero attached hydrogens (tertiary/aromatic N) is 3. The summed E-state index contributed by atoms with van der Waals surface area (Å²) in [6.07, 6.45) is 1.49. The van der Waals surface area contributed by atoms with Gasteiger partial charge in [-0.25, -0.2) is 4.90 Å². The number of para-hydroxylation sites is 1. The first kappa shape index (κ1) is 20.3. The van der Waals surface area contributed by atoms with Gasteiger partial charge in [0.05, 0.1) is 38.7 Å². The molecule has 4 aliphatic rings. The van der Waals surface area contributed by atoms with Gasteiger partial charge in [0.2, 0.25) is 11.8 Å². The molecule has 2 aromatic carbocycles. The van der Waals surface area contributed by atoms with Gasteiger partial charge >= 0.3 is 0 Å². The van der Waals surface area contributed by atoms with Gasteiger partial charge in [-0.15, -0.1) is 0 Å². The Bertz CT molecular complexity index is 1300. The van der Waals surface area contributed by atoms with Crippen LogP contribution in [0.25, 0.3) is 0 Å². The molecule has 1 spiro atoms. The van der Waals surface area contributed by atoms with E-state index in [1.165, 1.54) is 25.1 Å². The Hall–Kier alpha value is -3.30. The Kier molecular flexibility index (Phi) is 4.07. The van der Waals surface area contributed by atoms with Crippen LogP contribution in [0.15, 0.2) is 36.4 Å². The van der Waals surface area contributed by atoms with Crippen LogP contribution in [-0.4, -0.2) is 40.1 Å². The van der Waals surface area contributed by atoms with Gasteiger partial charge in [-0.3, -0.25) is 29.4 Å².